The Morgan fingerprint density at radius 1 is 0.920 bits per heavy atom. The van der Waals surface area contributed by atoms with Crippen molar-refractivity contribution in [2.24, 2.45) is 0 Å². The fraction of sp³-hybridized carbons (Fsp3) is 0.350. The summed E-state index contributed by atoms with van der Waals surface area (Å²) >= 11 is 0. The molecule has 132 valence electrons. The average Bonchev–Trinajstić information content (AvgIpc) is 2.64. The molecule has 2 aromatic carbocycles. The second kappa shape index (κ2) is 8.65. The monoisotopic (exact) mass is 340 g/mol. The quantitative estimate of drug-likeness (QED) is 0.840. The minimum absolute atomic E-state index is 0.280. The molecule has 0 saturated carbocycles. The van der Waals surface area contributed by atoms with Gasteiger partial charge in [0.15, 0.2) is 0 Å². The van der Waals surface area contributed by atoms with Crippen LogP contribution in [0.1, 0.15) is 15.9 Å². The number of hydrogen-bond donors (Lipinski definition) is 1. The Labute approximate surface area is 148 Å². The molecule has 0 atom stereocenters. The van der Waals surface area contributed by atoms with Gasteiger partial charge in [-0.05, 0) is 29.8 Å². The first-order valence-corrected chi connectivity index (χ1v) is 8.65. The largest absolute Gasteiger partial charge is 0.492 e. The average molecular weight is 340 g/mol. The minimum Gasteiger partial charge on any atom is -0.492 e. The third-order valence-electron chi connectivity index (χ3n) is 4.49. The van der Waals surface area contributed by atoms with Gasteiger partial charge in [0.2, 0.25) is 0 Å². The maximum absolute atomic E-state index is 10.8. The van der Waals surface area contributed by atoms with Crippen LogP contribution in [0.15, 0.2) is 54.6 Å². The number of carboxylic acids is 1. The van der Waals surface area contributed by atoms with E-state index in [4.69, 9.17) is 9.84 Å². The molecule has 3 rings (SSSR count). The van der Waals surface area contributed by atoms with Crippen molar-refractivity contribution in [3.05, 3.63) is 65.7 Å². The van der Waals surface area contributed by atoms with Crippen molar-refractivity contribution in [3.8, 4) is 5.75 Å². The first-order valence-electron chi connectivity index (χ1n) is 8.65. The maximum Gasteiger partial charge on any atom is 0.335 e. The third-order valence-corrected chi connectivity index (χ3v) is 4.49. The lowest BCUT2D eigenvalue weighted by molar-refractivity contribution is 0.0697. The summed E-state index contributed by atoms with van der Waals surface area (Å²) in [5.74, 6) is -0.201. The van der Waals surface area contributed by atoms with Crippen molar-refractivity contribution in [1.82, 2.24) is 9.80 Å². The number of aromatic carboxylic acids is 1. The van der Waals surface area contributed by atoms with E-state index < -0.39 is 5.97 Å². The Morgan fingerprint density at radius 2 is 1.56 bits per heavy atom. The molecule has 0 spiro atoms. The van der Waals surface area contributed by atoms with Crippen molar-refractivity contribution in [2.75, 3.05) is 39.3 Å². The highest BCUT2D eigenvalue weighted by molar-refractivity contribution is 5.87. The molecule has 0 radical (unpaired) electrons. The minimum atomic E-state index is -0.917. The molecule has 1 N–H and O–H groups in total. The molecule has 0 aliphatic carbocycles. The number of carbonyl (C=O) groups is 1. The van der Waals surface area contributed by atoms with Crippen LogP contribution in [0.5, 0.6) is 5.75 Å². The molecule has 0 bridgehead atoms. The topological polar surface area (TPSA) is 53.0 Å². The number of rotatable bonds is 7. The molecule has 5 nitrogen and oxygen atoms in total. The Bertz CT molecular complexity index is 665. The summed E-state index contributed by atoms with van der Waals surface area (Å²) < 4.78 is 5.72. The third kappa shape index (κ3) is 5.31. The van der Waals surface area contributed by atoms with Gasteiger partial charge in [-0.3, -0.25) is 9.80 Å². The molecule has 2 aromatic rings. The molecule has 0 aromatic heterocycles. The summed E-state index contributed by atoms with van der Waals surface area (Å²) in [6.07, 6.45) is 0. The lowest BCUT2D eigenvalue weighted by Gasteiger charge is -2.34. The number of ether oxygens (including phenoxy) is 1. The first kappa shape index (κ1) is 17.5. The Morgan fingerprint density at radius 3 is 2.20 bits per heavy atom. The van der Waals surface area contributed by atoms with Gasteiger partial charge in [0.25, 0.3) is 0 Å². The zero-order valence-corrected chi connectivity index (χ0v) is 14.3. The maximum atomic E-state index is 10.8. The molecular formula is C20H24N2O3. The van der Waals surface area contributed by atoms with E-state index in [1.807, 2.05) is 0 Å². The van der Waals surface area contributed by atoms with Gasteiger partial charge >= 0.3 is 5.97 Å². The second-order valence-electron chi connectivity index (χ2n) is 6.28. The predicted octanol–water partition coefficient (Wildman–Crippen LogP) is 2.58. The lowest BCUT2D eigenvalue weighted by Crippen LogP contribution is -2.47. The number of nitrogens with zero attached hydrogens (tertiary/aromatic N) is 2. The standard InChI is InChI=1S/C20H24N2O3/c23-20(24)18-6-8-19(9-7-18)25-15-14-21-10-12-22(13-11-21)16-17-4-2-1-3-5-17/h1-9H,10-16H2,(H,23,24). The van der Waals surface area contributed by atoms with E-state index in [1.54, 1.807) is 24.3 Å². The summed E-state index contributed by atoms with van der Waals surface area (Å²) in [5, 5.41) is 8.89. The van der Waals surface area contributed by atoms with E-state index in [2.05, 4.69) is 40.1 Å². The molecule has 1 heterocycles. The fourth-order valence-electron chi connectivity index (χ4n) is 3.00. The fourth-order valence-corrected chi connectivity index (χ4v) is 3.00. The van der Waals surface area contributed by atoms with Crippen molar-refractivity contribution in [3.63, 3.8) is 0 Å². The van der Waals surface area contributed by atoms with Crippen molar-refractivity contribution in [1.29, 1.82) is 0 Å². The molecule has 1 aliphatic heterocycles. The van der Waals surface area contributed by atoms with Crippen LogP contribution in [-0.4, -0.2) is 60.2 Å². The Hall–Kier alpha value is -2.37. The van der Waals surface area contributed by atoms with Gasteiger partial charge in [0.05, 0.1) is 5.56 Å². The predicted molar refractivity (Wildman–Crippen MR) is 97.1 cm³/mol. The molecule has 0 amide bonds. The Balaban J connectivity index is 1.36. The molecule has 0 unspecified atom stereocenters. The molecular weight excluding hydrogens is 316 g/mol. The van der Waals surface area contributed by atoms with Gasteiger partial charge < -0.3 is 9.84 Å². The van der Waals surface area contributed by atoms with E-state index in [0.717, 1.165) is 39.3 Å². The van der Waals surface area contributed by atoms with Crippen LogP contribution in [0.4, 0.5) is 0 Å². The molecule has 1 fully saturated rings. The highest BCUT2D eigenvalue weighted by atomic mass is 16.5. The molecule has 1 aliphatic rings. The summed E-state index contributed by atoms with van der Waals surface area (Å²) in [4.78, 5) is 15.7. The van der Waals surface area contributed by atoms with Crippen molar-refractivity contribution < 1.29 is 14.6 Å². The van der Waals surface area contributed by atoms with Crippen LogP contribution < -0.4 is 4.74 Å². The number of carboxylic acid groups (broad SMARTS) is 1. The lowest BCUT2D eigenvalue weighted by atomic mass is 10.2. The van der Waals surface area contributed by atoms with Crippen LogP contribution in [0.25, 0.3) is 0 Å². The van der Waals surface area contributed by atoms with Gasteiger partial charge in [0, 0.05) is 39.3 Å². The normalized spacial score (nSPS) is 15.8. The smallest absolute Gasteiger partial charge is 0.335 e. The number of hydrogen-bond acceptors (Lipinski definition) is 4. The first-order chi connectivity index (χ1) is 12.2. The highest BCUT2D eigenvalue weighted by Crippen LogP contribution is 2.13. The van der Waals surface area contributed by atoms with E-state index in [1.165, 1.54) is 5.56 Å². The number of piperazine rings is 1. The van der Waals surface area contributed by atoms with Gasteiger partial charge in [0.1, 0.15) is 12.4 Å². The van der Waals surface area contributed by atoms with Gasteiger partial charge in [-0.25, -0.2) is 4.79 Å². The van der Waals surface area contributed by atoms with Crippen LogP contribution in [0, 0.1) is 0 Å². The van der Waals surface area contributed by atoms with Crippen LogP contribution in [-0.2, 0) is 6.54 Å². The van der Waals surface area contributed by atoms with Crippen molar-refractivity contribution >= 4 is 5.97 Å². The molecule has 25 heavy (non-hydrogen) atoms. The van der Waals surface area contributed by atoms with Gasteiger partial charge in [-0.2, -0.15) is 0 Å². The van der Waals surface area contributed by atoms with E-state index >= 15 is 0 Å². The second-order valence-corrected chi connectivity index (χ2v) is 6.28. The van der Waals surface area contributed by atoms with Gasteiger partial charge in [-0.15, -0.1) is 0 Å². The highest BCUT2D eigenvalue weighted by Gasteiger charge is 2.16. The number of benzene rings is 2. The zero-order valence-electron chi connectivity index (χ0n) is 14.3. The molecule has 1 saturated heterocycles. The van der Waals surface area contributed by atoms with Crippen LogP contribution in [0.2, 0.25) is 0 Å². The zero-order chi connectivity index (χ0) is 17.5. The summed E-state index contributed by atoms with van der Waals surface area (Å²) in [7, 11) is 0. The summed E-state index contributed by atoms with van der Waals surface area (Å²) in [6, 6.07) is 17.1. The van der Waals surface area contributed by atoms with Crippen LogP contribution in [0.3, 0.4) is 0 Å². The SMILES string of the molecule is O=C(O)c1ccc(OCCN2CCN(Cc3ccccc3)CC2)cc1. The summed E-state index contributed by atoms with van der Waals surface area (Å²) in [5.41, 5.74) is 1.64. The van der Waals surface area contributed by atoms with E-state index in [0.29, 0.717) is 12.4 Å². The van der Waals surface area contributed by atoms with Crippen molar-refractivity contribution in [2.45, 2.75) is 6.54 Å². The van der Waals surface area contributed by atoms with E-state index in [-0.39, 0.29) is 5.56 Å². The summed E-state index contributed by atoms with van der Waals surface area (Å²) in [6.45, 7) is 6.76. The van der Waals surface area contributed by atoms with E-state index in [9.17, 15) is 4.79 Å². The van der Waals surface area contributed by atoms with Gasteiger partial charge in [-0.1, -0.05) is 30.3 Å². The molecule has 5 heteroatoms. The van der Waals surface area contributed by atoms with Crippen LogP contribution >= 0.6 is 0 Å². The Kier molecular flexibility index (Phi) is 6.04.